The third-order valence-corrected chi connectivity index (χ3v) is 4.23. The monoisotopic (exact) mass is 339 g/mol. The molecule has 20 heavy (non-hydrogen) atoms. The molecule has 0 saturated heterocycles. The van der Waals surface area contributed by atoms with Crippen LogP contribution in [0.5, 0.6) is 0 Å². The molecule has 0 unspecified atom stereocenters. The average molecular weight is 340 g/mol. The van der Waals surface area contributed by atoms with E-state index < -0.39 is 0 Å². The highest BCUT2D eigenvalue weighted by Gasteiger charge is 2.21. The number of amides is 1. The molecule has 0 radical (unpaired) electrons. The van der Waals surface area contributed by atoms with Crippen LogP contribution >= 0.6 is 15.9 Å². The van der Waals surface area contributed by atoms with Gasteiger partial charge in [0.15, 0.2) is 0 Å². The van der Waals surface area contributed by atoms with Crippen LogP contribution < -0.4 is 5.32 Å². The molecule has 1 N–H and O–H groups in total. The Morgan fingerprint density at radius 3 is 2.35 bits per heavy atom. The second-order valence-corrected chi connectivity index (χ2v) is 5.48. The highest BCUT2D eigenvalue weighted by atomic mass is 79.9. The van der Waals surface area contributed by atoms with Gasteiger partial charge in [-0.2, -0.15) is 10.2 Å². The maximum absolute atomic E-state index is 12.4. The van der Waals surface area contributed by atoms with Crippen molar-refractivity contribution in [2.75, 3.05) is 5.32 Å². The third-order valence-electron chi connectivity index (χ3n) is 3.28. The molecule has 2 rings (SSSR count). The zero-order chi connectivity index (χ0) is 15.0. The number of hydrogen-bond donors (Lipinski definition) is 1. The van der Waals surface area contributed by atoms with Crippen molar-refractivity contribution >= 4 is 27.5 Å². The van der Waals surface area contributed by atoms with Crippen LogP contribution in [0.1, 0.15) is 34.5 Å². The largest absolute Gasteiger partial charge is 0.317 e. The van der Waals surface area contributed by atoms with Gasteiger partial charge in [-0.3, -0.25) is 14.2 Å². The number of anilines is 1. The number of rotatable bonds is 3. The van der Waals surface area contributed by atoms with Crippen LogP contribution in [0.4, 0.5) is 5.69 Å². The van der Waals surface area contributed by atoms with Gasteiger partial charge in [-0.15, -0.1) is 0 Å². The fourth-order valence-electron chi connectivity index (χ4n) is 2.24. The summed E-state index contributed by atoms with van der Waals surface area (Å²) in [4.78, 5) is 12.4. The standard InChI is InChI=1S/C13H18BrN5O/c1-6-19-9(4)11(8(3)17-19)15-13(20)12-10(14)7(2)16-18(12)5/h6H2,1-5H3,(H,15,20). The summed E-state index contributed by atoms with van der Waals surface area (Å²) in [7, 11) is 1.75. The van der Waals surface area contributed by atoms with Gasteiger partial charge in [-0.1, -0.05) is 0 Å². The van der Waals surface area contributed by atoms with Crippen molar-refractivity contribution in [3.8, 4) is 0 Å². The third kappa shape index (κ3) is 2.37. The highest BCUT2D eigenvalue weighted by Crippen LogP contribution is 2.24. The van der Waals surface area contributed by atoms with E-state index in [0.717, 1.165) is 33.8 Å². The molecular weight excluding hydrogens is 322 g/mol. The van der Waals surface area contributed by atoms with Gasteiger partial charge in [-0.05, 0) is 43.6 Å². The Kier molecular flexibility index (Phi) is 3.99. The lowest BCUT2D eigenvalue weighted by Gasteiger charge is -2.07. The number of carbonyl (C=O) groups excluding carboxylic acids is 1. The molecule has 0 aliphatic rings. The molecular formula is C13H18BrN5O. The second kappa shape index (κ2) is 5.40. The van der Waals surface area contributed by atoms with Crippen molar-refractivity contribution in [2.45, 2.75) is 34.2 Å². The molecule has 108 valence electrons. The van der Waals surface area contributed by atoms with E-state index in [0.29, 0.717) is 5.69 Å². The molecule has 1 amide bonds. The lowest BCUT2D eigenvalue weighted by atomic mass is 10.3. The molecule has 2 aromatic rings. The molecule has 2 aromatic heterocycles. The van der Waals surface area contributed by atoms with Crippen molar-refractivity contribution in [1.82, 2.24) is 19.6 Å². The SMILES string of the molecule is CCn1nc(C)c(NC(=O)c2c(Br)c(C)nn2C)c1C. The number of carbonyl (C=O) groups is 1. The van der Waals surface area contributed by atoms with E-state index in [2.05, 4.69) is 31.4 Å². The molecule has 0 aromatic carbocycles. The number of hydrogen-bond acceptors (Lipinski definition) is 3. The van der Waals surface area contributed by atoms with Crippen molar-refractivity contribution in [2.24, 2.45) is 7.05 Å². The maximum atomic E-state index is 12.4. The van der Waals surface area contributed by atoms with E-state index in [9.17, 15) is 4.79 Å². The normalized spacial score (nSPS) is 10.9. The van der Waals surface area contributed by atoms with Crippen LogP contribution in [-0.4, -0.2) is 25.5 Å². The number of nitrogens with one attached hydrogen (secondary N) is 1. The molecule has 0 fully saturated rings. The summed E-state index contributed by atoms with van der Waals surface area (Å²) < 4.78 is 4.16. The minimum Gasteiger partial charge on any atom is -0.317 e. The molecule has 0 aliphatic heterocycles. The minimum atomic E-state index is -0.193. The summed E-state index contributed by atoms with van der Waals surface area (Å²) in [5, 5.41) is 11.6. The minimum absolute atomic E-state index is 0.193. The lowest BCUT2D eigenvalue weighted by Crippen LogP contribution is -2.17. The number of aryl methyl sites for hydroxylation is 4. The lowest BCUT2D eigenvalue weighted by molar-refractivity contribution is 0.101. The first-order valence-electron chi connectivity index (χ1n) is 6.41. The van der Waals surface area contributed by atoms with Crippen LogP contribution in [0.15, 0.2) is 4.47 Å². The van der Waals surface area contributed by atoms with Crippen molar-refractivity contribution in [3.05, 3.63) is 27.2 Å². The number of aromatic nitrogens is 4. The van der Waals surface area contributed by atoms with Gasteiger partial charge in [0.25, 0.3) is 5.91 Å². The van der Waals surface area contributed by atoms with Crippen LogP contribution in [0.3, 0.4) is 0 Å². The van der Waals surface area contributed by atoms with Gasteiger partial charge in [0.1, 0.15) is 5.69 Å². The van der Waals surface area contributed by atoms with Crippen molar-refractivity contribution < 1.29 is 4.79 Å². The van der Waals surface area contributed by atoms with E-state index in [4.69, 9.17) is 0 Å². The second-order valence-electron chi connectivity index (χ2n) is 4.69. The zero-order valence-corrected chi connectivity index (χ0v) is 13.9. The molecule has 0 bridgehead atoms. The van der Waals surface area contributed by atoms with E-state index in [1.54, 1.807) is 11.7 Å². The van der Waals surface area contributed by atoms with E-state index in [1.165, 1.54) is 0 Å². The van der Waals surface area contributed by atoms with E-state index in [1.807, 2.05) is 32.4 Å². The van der Waals surface area contributed by atoms with Crippen LogP contribution in [0, 0.1) is 20.8 Å². The first-order valence-corrected chi connectivity index (χ1v) is 7.20. The zero-order valence-electron chi connectivity index (χ0n) is 12.3. The van der Waals surface area contributed by atoms with Crippen molar-refractivity contribution in [3.63, 3.8) is 0 Å². The van der Waals surface area contributed by atoms with Gasteiger partial charge in [-0.25, -0.2) is 0 Å². The maximum Gasteiger partial charge on any atom is 0.275 e. The number of halogens is 1. The quantitative estimate of drug-likeness (QED) is 0.934. The Bertz CT molecular complexity index is 671. The summed E-state index contributed by atoms with van der Waals surface area (Å²) >= 11 is 3.41. The van der Waals surface area contributed by atoms with Crippen LogP contribution in [-0.2, 0) is 13.6 Å². The van der Waals surface area contributed by atoms with Gasteiger partial charge in [0.2, 0.25) is 0 Å². The predicted octanol–water partition coefficient (Wildman–Crippen LogP) is 2.58. The van der Waals surface area contributed by atoms with Gasteiger partial charge in [0.05, 0.1) is 27.2 Å². The van der Waals surface area contributed by atoms with Crippen LogP contribution in [0.2, 0.25) is 0 Å². The molecule has 0 saturated carbocycles. The summed E-state index contributed by atoms with van der Waals surface area (Å²) in [6.45, 7) is 8.48. The molecule has 0 atom stereocenters. The van der Waals surface area contributed by atoms with E-state index in [-0.39, 0.29) is 5.91 Å². The highest BCUT2D eigenvalue weighted by molar-refractivity contribution is 9.10. The Balaban J connectivity index is 2.35. The molecule has 0 aliphatic carbocycles. The Morgan fingerprint density at radius 1 is 1.25 bits per heavy atom. The summed E-state index contributed by atoms with van der Waals surface area (Å²) in [5.41, 5.74) is 3.82. The van der Waals surface area contributed by atoms with Crippen molar-refractivity contribution in [1.29, 1.82) is 0 Å². The van der Waals surface area contributed by atoms with E-state index >= 15 is 0 Å². The van der Waals surface area contributed by atoms with Gasteiger partial charge < -0.3 is 5.32 Å². The fraction of sp³-hybridized carbons (Fsp3) is 0.462. The summed E-state index contributed by atoms with van der Waals surface area (Å²) in [6, 6.07) is 0. The first-order chi connectivity index (χ1) is 9.36. The Labute approximate surface area is 126 Å². The Hall–Kier alpha value is -1.63. The first kappa shape index (κ1) is 14.8. The smallest absolute Gasteiger partial charge is 0.275 e. The molecule has 7 heteroatoms. The van der Waals surface area contributed by atoms with Crippen LogP contribution in [0.25, 0.3) is 0 Å². The van der Waals surface area contributed by atoms with Gasteiger partial charge in [0, 0.05) is 13.6 Å². The average Bonchev–Trinajstić information content (AvgIpc) is 2.79. The van der Waals surface area contributed by atoms with Gasteiger partial charge >= 0.3 is 0 Å². The fourth-order valence-corrected chi connectivity index (χ4v) is 2.75. The Morgan fingerprint density at radius 2 is 1.90 bits per heavy atom. The summed E-state index contributed by atoms with van der Waals surface area (Å²) in [6.07, 6.45) is 0. The number of nitrogens with zero attached hydrogens (tertiary/aromatic N) is 4. The topological polar surface area (TPSA) is 64.7 Å². The predicted molar refractivity (Wildman–Crippen MR) is 81.0 cm³/mol. The summed E-state index contributed by atoms with van der Waals surface area (Å²) in [5.74, 6) is -0.193. The molecule has 2 heterocycles. The molecule has 0 spiro atoms. The molecule has 6 nitrogen and oxygen atoms in total.